The lowest BCUT2D eigenvalue weighted by atomic mass is 9.93. The normalized spacial score (nSPS) is 27.2. The monoisotopic (exact) mass is 242 g/mol. The van der Waals surface area contributed by atoms with E-state index in [1.165, 1.54) is 36.9 Å². The Morgan fingerprint density at radius 2 is 2.17 bits per heavy atom. The topological polar surface area (TPSA) is 35.6 Å². The van der Waals surface area contributed by atoms with Crippen LogP contribution in [-0.2, 0) is 7.05 Å². The van der Waals surface area contributed by atoms with Crippen LogP contribution in [0.2, 0.25) is 0 Å². The van der Waals surface area contributed by atoms with Crippen molar-refractivity contribution >= 4 is 0 Å². The van der Waals surface area contributed by atoms with E-state index in [1.54, 1.807) is 0 Å². The third kappa shape index (κ3) is 1.59. The smallest absolute Gasteiger partial charge is 0.0661 e. The molecule has 0 spiro atoms. The van der Waals surface area contributed by atoms with E-state index in [9.17, 15) is 0 Å². The fourth-order valence-corrected chi connectivity index (χ4v) is 2.93. The highest BCUT2D eigenvalue weighted by molar-refractivity contribution is 5.30. The van der Waals surface area contributed by atoms with Crippen molar-refractivity contribution in [1.29, 1.82) is 0 Å². The molecule has 2 atom stereocenters. The van der Waals surface area contributed by atoms with Crippen molar-refractivity contribution in [3.63, 3.8) is 0 Å². The van der Waals surface area contributed by atoms with Crippen LogP contribution in [0, 0.1) is 0 Å². The number of aromatic nitrogens is 4. The van der Waals surface area contributed by atoms with Gasteiger partial charge in [-0.25, -0.2) is 0 Å². The van der Waals surface area contributed by atoms with Crippen LogP contribution in [0.4, 0.5) is 0 Å². The highest BCUT2D eigenvalue weighted by atomic mass is 15.3. The van der Waals surface area contributed by atoms with Gasteiger partial charge in [0.25, 0.3) is 0 Å². The van der Waals surface area contributed by atoms with E-state index in [2.05, 4.69) is 28.2 Å². The van der Waals surface area contributed by atoms with Gasteiger partial charge in [0, 0.05) is 25.4 Å². The fourth-order valence-electron chi connectivity index (χ4n) is 2.93. The molecule has 0 amide bonds. The largest absolute Gasteiger partial charge is 0.276 e. The minimum Gasteiger partial charge on any atom is -0.276 e. The van der Waals surface area contributed by atoms with Gasteiger partial charge >= 0.3 is 0 Å². The molecule has 2 fully saturated rings. The van der Waals surface area contributed by atoms with Gasteiger partial charge < -0.3 is 0 Å². The Morgan fingerprint density at radius 1 is 1.28 bits per heavy atom. The lowest BCUT2D eigenvalue weighted by Gasteiger charge is -2.25. The van der Waals surface area contributed by atoms with Crippen molar-refractivity contribution in [3.8, 4) is 0 Å². The molecule has 18 heavy (non-hydrogen) atoms. The zero-order valence-electron chi connectivity index (χ0n) is 10.7. The lowest BCUT2D eigenvalue weighted by Crippen LogP contribution is -2.17. The van der Waals surface area contributed by atoms with Gasteiger partial charge in [0.05, 0.1) is 17.9 Å². The minimum absolute atomic E-state index is 0.621. The highest BCUT2D eigenvalue weighted by Crippen LogP contribution is 2.54. The summed E-state index contributed by atoms with van der Waals surface area (Å²) in [5.74, 6) is 1.26. The summed E-state index contributed by atoms with van der Waals surface area (Å²) in [6.07, 6.45) is 11.5. The first kappa shape index (κ1) is 10.4. The molecular formula is C14H18N4. The summed E-state index contributed by atoms with van der Waals surface area (Å²) >= 11 is 0. The average molecular weight is 242 g/mol. The number of rotatable bonds is 3. The van der Waals surface area contributed by atoms with Crippen LogP contribution in [0.1, 0.15) is 54.8 Å². The molecule has 4 nitrogen and oxygen atoms in total. The first-order valence-corrected chi connectivity index (χ1v) is 6.85. The standard InChI is InChI=1S/C14H18N4/c1-17-9-10(8-15-17)12-7-13(12)14-5-6-18(16-14)11-3-2-4-11/h5-6,8-9,11-13H,2-4,7H2,1H3. The number of aryl methyl sites for hydroxylation is 1. The van der Waals surface area contributed by atoms with E-state index >= 15 is 0 Å². The SMILES string of the molecule is Cn1cc(C2CC2c2ccn(C3CCC3)n2)cn1. The molecule has 2 saturated carbocycles. The van der Waals surface area contributed by atoms with Crippen LogP contribution in [0.15, 0.2) is 24.7 Å². The maximum atomic E-state index is 4.77. The van der Waals surface area contributed by atoms with Crippen molar-refractivity contribution in [2.24, 2.45) is 7.05 Å². The predicted octanol–water partition coefficient (Wildman–Crippen LogP) is 2.61. The maximum Gasteiger partial charge on any atom is 0.0661 e. The lowest BCUT2D eigenvalue weighted by molar-refractivity contribution is 0.288. The van der Waals surface area contributed by atoms with Crippen molar-refractivity contribution in [1.82, 2.24) is 19.6 Å². The molecule has 0 aromatic carbocycles. The summed E-state index contributed by atoms with van der Waals surface area (Å²) in [6, 6.07) is 2.88. The molecule has 2 aromatic heterocycles. The zero-order chi connectivity index (χ0) is 12.1. The number of hydrogen-bond acceptors (Lipinski definition) is 2. The second-order valence-corrected chi connectivity index (χ2v) is 5.70. The van der Waals surface area contributed by atoms with E-state index < -0.39 is 0 Å². The van der Waals surface area contributed by atoms with Gasteiger partial charge in [0.15, 0.2) is 0 Å². The Kier molecular flexibility index (Phi) is 2.13. The van der Waals surface area contributed by atoms with Gasteiger partial charge in [0.2, 0.25) is 0 Å². The van der Waals surface area contributed by atoms with Crippen LogP contribution >= 0.6 is 0 Å². The van der Waals surface area contributed by atoms with Crippen LogP contribution in [0.5, 0.6) is 0 Å². The summed E-state index contributed by atoms with van der Waals surface area (Å²) in [6.45, 7) is 0. The molecule has 2 aromatic rings. The second-order valence-electron chi connectivity index (χ2n) is 5.70. The van der Waals surface area contributed by atoms with Crippen molar-refractivity contribution in [3.05, 3.63) is 35.9 Å². The van der Waals surface area contributed by atoms with Crippen LogP contribution in [0.25, 0.3) is 0 Å². The predicted molar refractivity (Wildman–Crippen MR) is 68.4 cm³/mol. The van der Waals surface area contributed by atoms with E-state index in [0.29, 0.717) is 17.9 Å². The molecule has 0 radical (unpaired) electrons. The van der Waals surface area contributed by atoms with Crippen LogP contribution in [0.3, 0.4) is 0 Å². The molecule has 0 aliphatic heterocycles. The molecule has 0 bridgehead atoms. The third-order valence-electron chi connectivity index (χ3n) is 4.40. The van der Waals surface area contributed by atoms with Gasteiger partial charge in [-0.1, -0.05) is 0 Å². The Hall–Kier alpha value is -1.58. The summed E-state index contributed by atoms with van der Waals surface area (Å²) in [5, 5.41) is 9.02. The molecule has 2 unspecified atom stereocenters. The molecular weight excluding hydrogens is 224 g/mol. The highest BCUT2D eigenvalue weighted by Gasteiger charge is 2.42. The molecule has 4 heteroatoms. The average Bonchev–Trinajstić information content (AvgIpc) is 2.74. The summed E-state index contributed by atoms with van der Waals surface area (Å²) in [5.41, 5.74) is 2.64. The molecule has 0 N–H and O–H groups in total. The second kappa shape index (κ2) is 3.70. The van der Waals surface area contributed by atoms with Gasteiger partial charge in [-0.15, -0.1) is 0 Å². The Balaban J connectivity index is 1.50. The molecule has 4 rings (SSSR count). The van der Waals surface area contributed by atoms with E-state index in [0.717, 1.165) is 0 Å². The number of hydrogen-bond donors (Lipinski definition) is 0. The van der Waals surface area contributed by atoms with Crippen molar-refractivity contribution in [2.45, 2.75) is 43.6 Å². The molecule has 94 valence electrons. The minimum atomic E-state index is 0.621. The first-order valence-electron chi connectivity index (χ1n) is 6.85. The summed E-state index contributed by atoms with van der Waals surface area (Å²) in [7, 11) is 1.98. The third-order valence-corrected chi connectivity index (χ3v) is 4.40. The van der Waals surface area contributed by atoms with E-state index in [4.69, 9.17) is 5.10 Å². The van der Waals surface area contributed by atoms with Crippen LogP contribution in [-0.4, -0.2) is 19.6 Å². The molecule has 0 saturated heterocycles. The van der Waals surface area contributed by atoms with Gasteiger partial charge in [-0.3, -0.25) is 9.36 Å². The van der Waals surface area contributed by atoms with E-state index in [1.807, 2.05) is 17.9 Å². The number of nitrogens with zero attached hydrogens (tertiary/aromatic N) is 4. The zero-order valence-corrected chi connectivity index (χ0v) is 10.7. The Morgan fingerprint density at radius 3 is 2.83 bits per heavy atom. The fraction of sp³-hybridized carbons (Fsp3) is 0.571. The van der Waals surface area contributed by atoms with Gasteiger partial charge in [0.1, 0.15) is 0 Å². The molecule has 2 heterocycles. The van der Waals surface area contributed by atoms with Gasteiger partial charge in [-0.05, 0) is 43.2 Å². The summed E-state index contributed by atoms with van der Waals surface area (Å²) < 4.78 is 4.06. The van der Waals surface area contributed by atoms with Crippen LogP contribution < -0.4 is 0 Å². The molecule has 2 aliphatic rings. The quantitative estimate of drug-likeness (QED) is 0.829. The summed E-state index contributed by atoms with van der Waals surface area (Å²) in [4.78, 5) is 0. The Labute approximate surface area is 107 Å². The van der Waals surface area contributed by atoms with Gasteiger partial charge in [-0.2, -0.15) is 10.2 Å². The van der Waals surface area contributed by atoms with E-state index in [-0.39, 0.29) is 0 Å². The first-order chi connectivity index (χ1) is 8.81. The van der Waals surface area contributed by atoms with Crippen molar-refractivity contribution < 1.29 is 0 Å². The Bertz CT molecular complexity index is 564. The molecule has 2 aliphatic carbocycles. The van der Waals surface area contributed by atoms with Crippen molar-refractivity contribution in [2.75, 3.05) is 0 Å². The maximum absolute atomic E-state index is 4.77.